The van der Waals surface area contributed by atoms with E-state index >= 15 is 0 Å². The minimum Gasteiger partial charge on any atom is -0.481 e. The molecule has 0 saturated heterocycles. The number of hydrogen-bond donors (Lipinski definition) is 1. The van der Waals surface area contributed by atoms with Crippen molar-refractivity contribution in [2.45, 2.75) is 65.2 Å². The molecule has 0 unspecified atom stereocenters. The average Bonchev–Trinajstić information content (AvgIpc) is 2.84. The van der Waals surface area contributed by atoms with Crippen molar-refractivity contribution in [3.63, 3.8) is 0 Å². The Kier molecular flexibility index (Phi) is 5.19. The Balaban J connectivity index is 1.97. The van der Waals surface area contributed by atoms with Crippen LogP contribution in [0.3, 0.4) is 0 Å². The van der Waals surface area contributed by atoms with Crippen molar-refractivity contribution < 1.29 is 9.90 Å². The van der Waals surface area contributed by atoms with E-state index in [0.717, 1.165) is 50.1 Å². The van der Waals surface area contributed by atoms with Gasteiger partial charge in [0.15, 0.2) is 0 Å². The van der Waals surface area contributed by atoms with Crippen LogP contribution in [0.1, 0.15) is 62.4 Å². The van der Waals surface area contributed by atoms with E-state index in [1.165, 1.54) is 17.7 Å². The Bertz CT molecular complexity index is 447. The smallest absolute Gasteiger partial charge is 0.309 e. The van der Waals surface area contributed by atoms with Gasteiger partial charge in [-0.1, -0.05) is 19.8 Å². The molecule has 112 valence electrons. The fourth-order valence-corrected chi connectivity index (χ4v) is 4.20. The fourth-order valence-electron chi connectivity index (χ4n) is 3.42. The number of aliphatic carboxylic acids is 1. The molecule has 2 rings (SSSR count). The molecule has 4 heteroatoms. The summed E-state index contributed by atoms with van der Waals surface area (Å²) >= 11 is 1.65. The molecular formula is C16H25NO2S. The number of aryl methyl sites for hydroxylation is 2. The van der Waals surface area contributed by atoms with E-state index in [9.17, 15) is 9.90 Å². The van der Waals surface area contributed by atoms with Gasteiger partial charge in [-0.2, -0.15) is 0 Å². The van der Waals surface area contributed by atoms with Crippen LogP contribution in [-0.2, 0) is 11.2 Å². The minimum atomic E-state index is -0.588. The summed E-state index contributed by atoms with van der Waals surface area (Å²) in [6.45, 7) is 4.23. The van der Waals surface area contributed by atoms with Crippen LogP contribution >= 0.6 is 11.3 Å². The van der Waals surface area contributed by atoms with Gasteiger partial charge in [-0.3, -0.25) is 4.79 Å². The predicted molar refractivity (Wildman–Crippen MR) is 82.1 cm³/mol. The molecule has 1 aliphatic carbocycles. The third-order valence-corrected chi connectivity index (χ3v) is 5.88. The zero-order valence-corrected chi connectivity index (χ0v) is 13.3. The average molecular weight is 295 g/mol. The van der Waals surface area contributed by atoms with E-state index < -0.39 is 11.4 Å². The largest absolute Gasteiger partial charge is 0.481 e. The summed E-state index contributed by atoms with van der Waals surface area (Å²) in [5.41, 5.74) is 2.44. The fraction of sp³-hybridized carbons (Fsp3) is 0.750. The van der Waals surface area contributed by atoms with Crippen molar-refractivity contribution in [3.05, 3.63) is 16.1 Å². The van der Waals surface area contributed by atoms with Crippen LogP contribution in [0.25, 0.3) is 0 Å². The number of carboxylic acids is 1. The van der Waals surface area contributed by atoms with Crippen molar-refractivity contribution in [2.75, 3.05) is 0 Å². The molecule has 1 fully saturated rings. The van der Waals surface area contributed by atoms with Crippen LogP contribution in [-0.4, -0.2) is 16.1 Å². The molecule has 0 spiro atoms. The van der Waals surface area contributed by atoms with Crippen LogP contribution in [0.5, 0.6) is 0 Å². The highest BCUT2D eigenvalue weighted by Crippen LogP contribution is 2.44. The van der Waals surface area contributed by atoms with Crippen molar-refractivity contribution in [1.82, 2.24) is 4.98 Å². The zero-order chi connectivity index (χ0) is 14.6. The highest BCUT2D eigenvalue weighted by molar-refractivity contribution is 7.09. The van der Waals surface area contributed by atoms with Gasteiger partial charge < -0.3 is 5.11 Å². The molecular weight excluding hydrogens is 270 g/mol. The first-order valence-corrected chi connectivity index (χ1v) is 8.58. The first kappa shape index (κ1) is 15.5. The molecule has 1 aromatic rings. The molecule has 0 bridgehead atoms. The van der Waals surface area contributed by atoms with Gasteiger partial charge in [0.25, 0.3) is 0 Å². The minimum absolute atomic E-state index is 0.485. The maximum Gasteiger partial charge on any atom is 0.309 e. The van der Waals surface area contributed by atoms with E-state index in [1.807, 2.05) is 12.4 Å². The normalized spacial score (nSPS) is 26.6. The third kappa shape index (κ3) is 3.40. The summed E-state index contributed by atoms with van der Waals surface area (Å²) in [6, 6.07) is 0. The van der Waals surface area contributed by atoms with Gasteiger partial charge in [-0.25, -0.2) is 4.98 Å². The number of nitrogens with zero attached hydrogens (tertiary/aromatic N) is 1. The Labute approximate surface area is 125 Å². The van der Waals surface area contributed by atoms with Gasteiger partial charge >= 0.3 is 5.97 Å². The topological polar surface area (TPSA) is 50.2 Å². The van der Waals surface area contributed by atoms with Gasteiger partial charge in [-0.05, 0) is 51.4 Å². The molecule has 1 heterocycles. The monoisotopic (exact) mass is 295 g/mol. The molecule has 0 amide bonds. The van der Waals surface area contributed by atoms with Crippen molar-refractivity contribution >= 4 is 17.3 Å². The number of hydrogen-bond acceptors (Lipinski definition) is 3. The predicted octanol–water partition coefficient (Wildman–Crippen LogP) is 4.45. The highest BCUT2D eigenvalue weighted by Gasteiger charge is 2.41. The van der Waals surface area contributed by atoms with Crippen LogP contribution in [0.4, 0.5) is 0 Å². The Morgan fingerprint density at radius 2 is 2.20 bits per heavy atom. The van der Waals surface area contributed by atoms with E-state index in [2.05, 4.69) is 11.9 Å². The maximum absolute atomic E-state index is 11.8. The number of aromatic nitrogens is 1. The van der Waals surface area contributed by atoms with Crippen LogP contribution in [0, 0.1) is 18.3 Å². The second kappa shape index (κ2) is 6.70. The Hall–Kier alpha value is -0.900. The lowest BCUT2D eigenvalue weighted by Crippen LogP contribution is -2.36. The standard InChI is InChI=1S/C16H25NO2S/c1-3-4-13-5-8-16(9-6-13,15(18)19)10-7-14-12(2)17-11-20-14/h11,13H,3-10H2,1-2H3,(H,18,19). The second-order valence-electron chi connectivity index (χ2n) is 6.18. The van der Waals surface area contributed by atoms with Crippen LogP contribution in [0.2, 0.25) is 0 Å². The third-order valence-electron chi connectivity index (χ3n) is 4.89. The van der Waals surface area contributed by atoms with Crippen molar-refractivity contribution in [3.8, 4) is 0 Å². The first-order valence-electron chi connectivity index (χ1n) is 7.70. The lowest BCUT2D eigenvalue weighted by Gasteiger charge is -2.37. The molecule has 0 aliphatic heterocycles. The van der Waals surface area contributed by atoms with Gasteiger partial charge in [0, 0.05) is 4.88 Å². The number of thiazole rings is 1. The number of carbonyl (C=O) groups is 1. The summed E-state index contributed by atoms with van der Waals surface area (Å²) in [7, 11) is 0. The quantitative estimate of drug-likeness (QED) is 0.843. The van der Waals surface area contributed by atoms with Crippen molar-refractivity contribution in [1.29, 1.82) is 0 Å². The van der Waals surface area contributed by atoms with Gasteiger partial charge in [-0.15, -0.1) is 11.3 Å². The maximum atomic E-state index is 11.8. The van der Waals surface area contributed by atoms with Gasteiger partial charge in [0.1, 0.15) is 0 Å². The molecule has 1 aromatic heterocycles. The Morgan fingerprint density at radius 1 is 1.50 bits per heavy atom. The molecule has 1 N–H and O–H groups in total. The lowest BCUT2D eigenvalue weighted by molar-refractivity contribution is -0.152. The van der Waals surface area contributed by atoms with Gasteiger partial charge in [0.05, 0.1) is 16.6 Å². The zero-order valence-electron chi connectivity index (χ0n) is 12.5. The summed E-state index contributed by atoms with van der Waals surface area (Å²) in [5.74, 6) is 0.159. The van der Waals surface area contributed by atoms with E-state index in [1.54, 1.807) is 11.3 Å². The summed E-state index contributed by atoms with van der Waals surface area (Å²) in [5, 5.41) is 9.69. The van der Waals surface area contributed by atoms with E-state index in [0.29, 0.717) is 0 Å². The first-order chi connectivity index (χ1) is 9.57. The summed E-state index contributed by atoms with van der Waals surface area (Å²) < 4.78 is 0. The molecule has 20 heavy (non-hydrogen) atoms. The number of rotatable bonds is 6. The van der Waals surface area contributed by atoms with Crippen molar-refractivity contribution in [2.24, 2.45) is 11.3 Å². The number of carboxylic acid groups (broad SMARTS) is 1. The second-order valence-corrected chi connectivity index (χ2v) is 7.12. The molecule has 1 aliphatic rings. The molecule has 0 aromatic carbocycles. The highest BCUT2D eigenvalue weighted by atomic mass is 32.1. The lowest BCUT2D eigenvalue weighted by atomic mass is 9.67. The molecule has 0 atom stereocenters. The van der Waals surface area contributed by atoms with Gasteiger partial charge in [0.2, 0.25) is 0 Å². The molecule has 0 radical (unpaired) electrons. The Morgan fingerprint density at radius 3 is 2.70 bits per heavy atom. The molecule has 3 nitrogen and oxygen atoms in total. The molecule has 1 saturated carbocycles. The van der Waals surface area contributed by atoms with E-state index in [4.69, 9.17) is 0 Å². The van der Waals surface area contributed by atoms with Crippen LogP contribution in [0.15, 0.2) is 5.51 Å². The summed E-state index contributed by atoms with van der Waals surface area (Å²) in [6.07, 6.45) is 7.97. The SMILES string of the molecule is CCCC1CCC(CCc2scnc2C)(C(=O)O)CC1. The van der Waals surface area contributed by atoms with Crippen LogP contribution < -0.4 is 0 Å². The summed E-state index contributed by atoms with van der Waals surface area (Å²) in [4.78, 5) is 17.3. The van der Waals surface area contributed by atoms with E-state index in [-0.39, 0.29) is 0 Å².